The molecule has 0 aliphatic carbocycles. The van der Waals surface area contributed by atoms with Crippen molar-refractivity contribution in [3.63, 3.8) is 0 Å². The number of rotatable bonds is 2. The fourth-order valence-corrected chi connectivity index (χ4v) is 3.97. The van der Waals surface area contributed by atoms with Crippen molar-refractivity contribution < 1.29 is 9.52 Å². The van der Waals surface area contributed by atoms with E-state index < -0.39 is 5.54 Å². The quantitative estimate of drug-likeness (QED) is 0.674. The molecular formula is C20H16N4O2S. The zero-order valence-corrected chi connectivity index (χ0v) is 15.3. The van der Waals surface area contributed by atoms with E-state index in [9.17, 15) is 0 Å². The first-order valence-corrected chi connectivity index (χ1v) is 9.13. The maximum absolute atomic E-state index is 8.96. The summed E-state index contributed by atoms with van der Waals surface area (Å²) in [7, 11) is 1.71. The summed E-state index contributed by atoms with van der Waals surface area (Å²) in [5, 5.41) is 14.2. The van der Waals surface area contributed by atoms with Gasteiger partial charge >= 0.3 is 0 Å². The second-order valence-corrected chi connectivity index (χ2v) is 6.66. The SMILES string of the molecule is CN=C1Nc2ncccc2C=NC1(c1ccco1)c1cc(C#CCO)cs1. The lowest BCUT2D eigenvalue weighted by Gasteiger charge is -2.27. The van der Waals surface area contributed by atoms with Crippen LogP contribution in [0.5, 0.6) is 0 Å². The molecule has 3 aromatic heterocycles. The third-order valence-electron chi connectivity index (χ3n) is 4.18. The highest BCUT2D eigenvalue weighted by atomic mass is 32.1. The molecule has 6 nitrogen and oxygen atoms in total. The van der Waals surface area contributed by atoms with Crippen LogP contribution >= 0.6 is 11.3 Å². The molecule has 4 heterocycles. The Morgan fingerprint density at radius 1 is 1.37 bits per heavy atom. The van der Waals surface area contributed by atoms with Crippen LogP contribution in [-0.2, 0) is 5.54 Å². The lowest BCUT2D eigenvalue weighted by atomic mass is 9.92. The van der Waals surface area contributed by atoms with E-state index in [1.54, 1.807) is 25.7 Å². The Hall–Kier alpha value is -3.21. The van der Waals surface area contributed by atoms with Crippen LogP contribution in [0.25, 0.3) is 0 Å². The standard InChI is InChI=1S/C20H16N4O2S/c1-21-19-20(16-7-4-10-26-16,17-11-14(13-27-17)5-3-9-25)23-12-15-6-2-8-22-18(15)24-19/h2,4,6-8,10-13,25H,9H2,1H3,(H,21,22,24). The number of hydrogen-bond acceptors (Lipinski definition) is 6. The van der Waals surface area contributed by atoms with Crippen LogP contribution in [0.2, 0.25) is 0 Å². The summed E-state index contributed by atoms with van der Waals surface area (Å²) in [6, 6.07) is 9.46. The van der Waals surface area contributed by atoms with Gasteiger partial charge in [-0.3, -0.25) is 9.98 Å². The molecule has 27 heavy (non-hydrogen) atoms. The van der Waals surface area contributed by atoms with Crippen molar-refractivity contribution in [2.75, 3.05) is 19.0 Å². The van der Waals surface area contributed by atoms with Gasteiger partial charge in [0.2, 0.25) is 5.54 Å². The highest BCUT2D eigenvalue weighted by Gasteiger charge is 2.45. The molecule has 1 atom stereocenters. The van der Waals surface area contributed by atoms with Gasteiger partial charge < -0.3 is 14.8 Å². The van der Waals surface area contributed by atoms with E-state index in [0.717, 1.165) is 16.0 Å². The second kappa shape index (κ2) is 7.19. The van der Waals surface area contributed by atoms with Gasteiger partial charge in [-0.2, -0.15) is 0 Å². The average Bonchev–Trinajstić information content (AvgIpc) is 3.37. The second-order valence-electron chi connectivity index (χ2n) is 5.74. The van der Waals surface area contributed by atoms with Gasteiger partial charge in [0.1, 0.15) is 24.0 Å². The third kappa shape index (κ3) is 2.95. The predicted octanol–water partition coefficient (Wildman–Crippen LogP) is 2.90. The van der Waals surface area contributed by atoms with Crippen LogP contribution in [0, 0.1) is 11.8 Å². The van der Waals surface area contributed by atoms with Crippen LogP contribution in [-0.4, -0.2) is 35.8 Å². The number of anilines is 1. The summed E-state index contributed by atoms with van der Waals surface area (Å²) in [5.41, 5.74) is 0.701. The first-order chi connectivity index (χ1) is 13.3. The lowest BCUT2D eigenvalue weighted by molar-refractivity contribution is 0.350. The molecule has 1 aliphatic rings. The molecule has 7 heteroatoms. The van der Waals surface area contributed by atoms with Crippen molar-refractivity contribution >= 4 is 29.2 Å². The molecule has 134 valence electrons. The van der Waals surface area contributed by atoms with Gasteiger partial charge in [-0.15, -0.1) is 11.3 Å². The van der Waals surface area contributed by atoms with E-state index >= 15 is 0 Å². The molecule has 1 unspecified atom stereocenters. The van der Waals surface area contributed by atoms with Gasteiger partial charge in [-0.05, 0) is 30.3 Å². The molecule has 0 radical (unpaired) electrons. The number of amidine groups is 1. The fraction of sp³-hybridized carbons (Fsp3) is 0.150. The van der Waals surface area contributed by atoms with Gasteiger partial charge in [-0.25, -0.2) is 4.98 Å². The molecule has 0 saturated carbocycles. The Morgan fingerprint density at radius 3 is 3.07 bits per heavy atom. The molecule has 0 aromatic carbocycles. The Balaban J connectivity index is 1.93. The molecule has 2 N–H and O–H groups in total. The maximum atomic E-state index is 8.96. The van der Waals surface area contributed by atoms with Crippen molar-refractivity contribution in [3.8, 4) is 11.8 Å². The fourth-order valence-electron chi connectivity index (χ4n) is 2.97. The Bertz CT molecular complexity index is 1070. The average molecular weight is 376 g/mol. The number of fused-ring (bicyclic) bond motifs is 1. The minimum absolute atomic E-state index is 0.184. The van der Waals surface area contributed by atoms with Crippen molar-refractivity contribution in [2.24, 2.45) is 9.98 Å². The summed E-state index contributed by atoms with van der Waals surface area (Å²) in [5.74, 6) is 7.55. The molecular weight excluding hydrogens is 360 g/mol. The number of nitrogens with one attached hydrogen (secondary N) is 1. The first kappa shape index (κ1) is 17.2. The van der Waals surface area contributed by atoms with Gasteiger partial charge in [-0.1, -0.05) is 11.8 Å². The Morgan fingerprint density at radius 2 is 2.30 bits per heavy atom. The molecule has 0 saturated heterocycles. The molecule has 3 aromatic rings. The highest BCUT2D eigenvalue weighted by Crippen LogP contribution is 2.41. The van der Waals surface area contributed by atoms with Crippen LogP contribution in [0.4, 0.5) is 5.82 Å². The number of furan rings is 1. The van der Waals surface area contributed by atoms with Crippen LogP contribution < -0.4 is 5.32 Å². The van der Waals surface area contributed by atoms with Gasteiger partial charge in [0, 0.05) is 40.8 Å². The molecule has 0 fully saturated rings. The molecule has 1 aliphatic heterocycles. The summed E-state index contributed by atoms with van der Waals surface area (Å²) in [4.78, 5) is 14.7. The van der Waals surface area contributed by atoms with Crippen LogP contribution in [0.3, 0.4) is 0 Å². The number of nitrogens with zero attached hydrogens (tertiary/aromatic N) is 3. The van der Waals surface area contributed by atoms with Crippen molar-refractivity contribution in [1.82, 2.24) is 4.98 Å². The van der Waals surface area contributed by atoms with Crippen molar-refractivity contribution in [1.29, 1.82) is 0 Å². The number of aliphatic hydroxyl groups is 1. The van der Waals surface area contributed by atoms with Crippen molar-refractivity contribution in [2.45, 2.75) is 5.54 Å². The molecule has 0 bridgehead atoms. The maximum Gasteiger partial charge on any atom is 0.209 e. The smallest absolute Gasteiger partial charge is 0.209 e. The number of aromatic nitrogens is 1. The topological polar surface area (TPSA) is 83.0 Å². The summed E-state index contributed by atoms with van der Waals surface area (Å²) < 4.78 is 5.78. The zero-order chi connectivity index (χ0) is 18.7. The highest BCUT2D eigenvalue weighted by molar-refractivity contribution is 7.10. The number of aliphatic imine (C=N–C) groups is 2. The summed E-state index contributed by atoms with van der Waals surface area (Å²) in [6.07, 6.45) is 5.13. The number of hydrogen-bond donors (Lipinski definition) is 2. The predicted molar refractivity (Wildman–Crippen MR) is 107 cm³/mol. The Labute approximate surface area is 160 Å². The molecule has 0 amide bonds. The van der Waals surface area contributed by atoms with E-state index in [0.29, 0.717) is 17.4 Å². The van der Waals surface area contributed by atoms with E-state index in [1.165, 1.54) is 11.3 Å². The summed E-state index contributed by atoms with van der Waals surface area (Å²) in [6.45, 7) is -0.184. The zero-order valence-electron chi connectivity index (χ0n) is 14.5. The lowest BCUT2D eigenvalue weighted by Crippen LogP contribution is -2.38. The largest absolute Gasteiger partial charge is 0.466 e. The van der Waals surface area contributed by atoms with Gasteiger partial charge in [0.25, 0.3) is 0 Å². The van der Waals surface area contributed by atoms with E-state index in [1.807, 2.05) is 35.7 Å². The van der Waals surface area contributed by atoms with E-state index in [4.69, 9.17) is 14.5 Å². The number of pyridine rings is 1. The van der Waals surface area contributed by atoms with Gasteiger partial charge in [0.05, 0.1) is 6.26 Å². The van der Waals surface area contributed by atoms with Crippen molar-refractivity contribution in [3.05, 3.63) is 69.9 Å². The molecule has 0 spiro atoms. The monoisotopic (exact) mass is 376 g/mol. The minimum Gasteiger partial charge on any atom is -0.466 e. The Kier molecular flexibility index (Phi) is 4.59. The van der Waals surface area contributed by atoms with Gasteiger partial charge in [0.15, 0.2) is 0 Å². The normalized spacial score (nSPS) is 19.7. The van der Waals surface area contributed by atoms with E-state index in [2.05, 4.69) is 27.1 Å². The van der Waals surface area contributed by atoms with E-state index in [-0.39, 0.29) is 6.61 Å². The van der Waals surface area contributed by atoms with Crippen LogP contribution in [0.1, 0.15) is 21.8 Å². The first-order valence-electron chi connectivity index (χ1n) is 8.25. The minimum atomic E-state index is -0.969. The number of thiophene rings is 1. The van der Waals surface area contributed by atoms with Crippen LogP contribution in [0.15, 0.2) is 62.6 Å². The number of aliphatic hydroxyl groups excluding tert-OH is 1. The third-order valence-corrected chi connectivity index (χ3v) is 5.22. The summed E-state index contributed by atoms with van der Waals surface area (Å²) >= 11 is 1.51. The molecule has 4 rings (SSSR count).